The lowest BCUT2D eigenvalue weighted by molar-refractivity contribution is 0.201. The lowest BCUT2D eigenvalue weighted by Gasteiger charge is -2.15. The maximum Gasteiger partial charge on any atom is 0.143 e. The lowest BCUT2D eigenvalue weighted by atomic mass is 10.1. The minimum Gasteiger partial charge on any atom is -0.492 e. The molecule has 0 aliphatic rings. The van der Waals surface area contributed by atoms with E-state index in [1.165, 1.54) is 12.1 Å². The van der Waals surface area contributed by atoms with Gasteiger partial charge in [0.15, 0.2) is 0 Å². The molecule has 0 fully saturated rings. The van der Waals surface area contributed by atoms with E-state index >= 15 is 0 Å². The Morgan fingerprint density at radius 1 is 0.926 bits per heavy atom. The number of nitrogens with zero attached hydrogens (tertiary/aromatic N) is 2. The zero-order chi connectivity index (χ0) is 18.6. The molecule has 1 aromatic heterocycles. The Morgan fingerprint density at radius 3 is 2.41 bits per heavy atom. The summed E-state index contributed by atoms with van der Waals surface area (Å²) >= 11 is 0. The Balaban J connectivity index is 1.61. The van der Waals surface area contributed by atoms with Gasteiger partial charge in [-0.2, -0.15) is 0 Å². The van der Waals surface area contributed by atoms with E-state index in [0.29, 0.717) is 24.7 Å². The largest absolute Gasteiger partial charge is 0.492 e. The number of para-hydroxylation sites is 2. The fourth-order valence-corrected chi connectivity index (χ4v) is 3.11. The van der Waals surface area contributed by atoms with Gasteiger partial charge in [-0.3, -0.25) is 0 Å². The van der Waals surface area contributed by atoms with Gasteiger partial charge in [-0.1, -0.05) is 42.5 Å². The van der Waals surface area contributed by atoms with Crippen LogP contribution in [0, 0.1) is 5.82 Å². The first kappa shape index (κ1) is 17.2. The maximum atomic E-state index is 13.0. The molecule has 1 heterocycles. The van der Waals surface area contributed by atoms with Crippen molar-refractivity contribution in [1.82, 2.24) is 9.55 Å². The molecule has 136 valence electrons. The second-order valence-corrected chi connectivity index (χ2v) is 6.23. The molecule has 27 heavy (non-hydrogen) atoms. The quantitative estimate of drug-likeness (QED) is 0.555. The first-order valence-corrected chi connectivity index (χ1v) is 8.79. The van der Waals surface area contributed by atoms with Gasteiger partial charge in [-0.25, -0.2) is 9.37 Å². The molecule has 0 bridgehead atoms. The summed E-state index contributed by atoms with van der Waals surface area (Å²) in [5.41, 5.74) is 2.54. The monoisotopic (exact) mass is 362 g/mol. The highest BCUT2D eigenvalue weighted by atomic mass is 19.1. The molecular weight excluding hydrogens is 343 g/mol. The van der Waals surface area contributed by atoms with Crippen molar-refractivity contribution in [1.29, 1.82) is 0 Å². The summed E-state index contributed by atoms with van der Waals surface area (Å²) in [6, 6.07) is 23.2. The van der Waals surface area contributed by atoms with E-state index in [0.717, 1.165) is 16.6 Å². The van der Waals surface area contributed by atoms with Crippen LogP contribution in [-0.2, 0) is 6.54 Å². The van der Waals surface area contributed by atoms with E-state index in [1.54, 1.807) is 12.1 Å². The van der Waals surface area contributed by atoms with Crippen LogP contribution < -0.4 is 4.74 Å². The molecule has 0 aliphatic carbocycles. The molecule has 0 spiro atoms. The molecule has 4 rings (SSSR count). The summed E-state index contributed by atoms with van der Waals surface area (Å²) in [4.78, 5) is 4.63. The summed E-state index contributed by atoms with van der Waals surface area (Å²) in [6.45, 7) is 0.887. The number of ether oxygens (including phenoxy) is 1. The van der Waals surface area contributed by atoms with Gasteiger partial charge in [0.25, 0.3) is 0 Å². The Labute approximate surface area is 156 Å². The minimum atomic E-state index is -0.829. The molecule has 0 saturated heterocycles. The lowest BCUT2D eigenvalue weighted by Crippen LogP contribution is -2.14. The number of benzene rings is 3. The van der Waals surface area contributed by atoms with Gasteiger partial charge in [0, 0.05) is 0 Å². The zero-order valence-electron chi connectivity index (χ0n) is 14.6. The molecule has 1 atom stereocenters. The number of hydrogen-bond acceptors (Lipinski definition) is 3. The first-order valence-electron chi connectivity index (χ1n) is 8.79. The molecule has 1 unspecified atom stereocenters. The number of imidazole rings is 1. The van der Waals surface area contributed by atoms with E-state index in [-0.39, 0.29) is 5.82 Å². The average Bonchev–Trinajstić information content (AvgIpc) is 3.08. The summed E-state index contributed by atoms with van der Waals surface area (Å²) in [5, 5.41) is 10.9. The van der Waals surface area contributed by atoms with Crippen molar-refractivity contribution < 1.29 is 14.2 Å². The molecule has 4 aromatic rings. The van der Waals surface area contributed by atoms with Crippen LogP contribution in [0.3, 0.4) is 0 Å². The molecule has 3 aromatic carbocycles. The van der Waals surface area contributed by atoms with Crippen molar-refractivity contribution in [2.75, 3.05) is 6.61 Å². The third-order valence-corrected chi connectivity index (χ3v) is 4.44. The molecule has 0 aliphatic heterocycles. The minimum absolute atomic E-state index is 0.295. The van der Waals surface area contributed by atoms with Crippen molar-refractivity contribution in [3.63, 3.8) is 0 Å². The summed E-state index contributed by atoms with van der Waals surface area (Å²) in [6.07, 6.45) is -0.829. The number of fused-ring (bicyclic) bond motifs is 1. The number of rotatable bonds is 6. The fourth-order valence-electron chi connectivity index (χ4n) is 3.11. The summed E-state index contributed by atoms with van der Waals surface area (Å²) in [5.74, 6) is 0.882. The molecule has 0 amide bonds. The number of aliphatic hydroxyl groups excluding tert-OH is 1. The van der Waals surface area contributed by atoms with Crippen molar-refractivity contribution >= 4 is 11.0 Å². The van der Waals surface area contributed by atoms with E-state index in [9.17, 15) is 9.50 Å². The van der Waals surface area contributed by atoms with Crippen molar-refractivity contribution in [3.8, 4) is 5.75 Å². The highest BCUT2D eigenvalue weighted by molar-refractivity contribution is 5.76. The summed E-state index contributed by atoms with van der Waals surface area (Å²) in [7, 11) is 0. The maximum absolute atomic E-state index is 13.0. The van der Waals surface area contributed by atoms with E-state index < -0.39 is 6.10 Å². The second kappa shape index (κ2) is 7.60. The van der Waals surface area contributed by atoms with Crippen LogP contribution in [0.15, 0.2) is 78.9 Å². The zero-order valence-corrected chi connectivity index (χ0v) is 14.6. The predicted octanol–water partition coefficient (Wildman–Crippen LogP) is 4.34. The van der Waals surface area contributed by atoms with Gasteiger partial charge in [0.05, 0.1) is 17.6 Å². The third kappa shape index (κ3) is 3.68. The number of aliphatic hydroxyl groups is 1. The standard InChI is InChI=1S/C22H19FN2O2/c23-17-10-12-18(13-11-17)27-15-14-25-20-9-5-4-8-19(20)24-22(25)21(26)16-6-2-1-3-7-16/h1-13,21,26H,14-15H2. The molecule has 1 N–H and O–H groups in total. The first-order chi connectivity index (χ1) is 13.2. The SMILES string of the molecule is OC(c1ccccc1)c1nc2ccccc2n1CCOc1ccc(F)cc1. The highest BCUT2D eigenvalue weighted by Gasteiger charge is 2.19. The van der Waals surface area contributed by atoms with Crippen LogP contribution in [0.4, 0.5) is 4.39 Å². The highest BCUT2D eigenvalue weighted by Crippen LogP contribution is 2.25. The molecule has 0 saturated carbocycles. The fraction of sp³-hybridized carbons (Fsp3) is 0.136. The number of halogens is 1. The van der Waals surface area contributed by atoms with Crippen LogP contribution in [0.25, 0.3) is 11.0 Å². The van der Waals surface area contributed by atoms with E-state index in [2.05, 4.69) is 4.98 Å². The van der Waals surface area contributed by atoms with Gasteiger partial charge in [-0.05, 0) is 42.0 Å². The number of aromatic nitrogens is 2. The van der Waals surface area contributed by atoms with Gasteiger partial charge in [-0.15, -0.1) is 0 Å². The van der Waals surface area contributed by atoms with Crippen LogP contribution in [0.5, 0.6) is 5.75 Å². The number of hydrogen-bond donors (Lipinski definition) is 1. The molecule has 5 heteroatoms. The molecule has 4 nitrogen and oxygen atoms in total. The smallest absolute Gasteiger partial charge is 0.143 e. The van der Waals surface area contributed by atoms with Crippen LogP contribution in [-0.4, -0.2) is 21.3 Å². The second-order valence-electron chi connectivity index (χ2n) is 6.23. The van der Waals surface area contributed by atoms with Gasteiger partial charge < -0.3 is 14.4 Å². The topological polar surface area (TPSA) is 47.3 Å². The van der Waals surface area contributed by atoms with Crippen molar-refractivity contribution in [2.24, 2.45) is 0 Å². The van der Waals surface area contributed by atoms with Gasteiger partial charge >= 0.3 is 0 Å². The Bertz CT molecular complexity index is 1030. The predicted molar refractivity (Wildman–Crippen MR) is 102 cm³/mol. The van der Waals surface area contributed by atoms with Crippen LogP contribution in [0.1, 0.15) is 17.5 Å². The Kier molecular flexibility index (Phi) is 4.85. The third-order valence-electron chi connectivity index (χ3n) is 4.44. The molecular formula is C22H19FN2O2. The Hall–Kier alpha value is -3.18. The van der Waals surface area contributed by atoms with Crippen molar-refractivity contribution in [2.45, 2.75) is 12.6 Å². The Morgan fingerprint density at radius 2 is 1.63 bits per heavy atom. The summed E-state index contributed by atoms with van der Waals surface area (Å²) < 4.78 is 20.7. The van der Waals surface area contributed by atoms with Gasteiger partial charge in [0.2, 0.25) is 0 Å². The van der Waals surface area contributed by atoms with E-state index in [4.69, 9.17) is 4.74 Å². The van der Waals surface area contributed by atoms with Crippen LogP contribution >= 0.6 is 0 Å². The average molecular weight is 362 g/mol. The van der Waals surface area contributed by atoms with Crippen LogP contribution in [0.2, 0.25) is 0 Å². The normalized spacial score (nSPS) is 12.2. The van der Waals surface area contributed by atoms with Gasteiger partial charge in [0.1, 0.15) is 30.1 Å². The molecule has 0 radical (unpaired) electrons. The van der Waals surface area contributed by atoms with E-state index in [1.807, 2.05) is 59.2 Å². The van der Waals surface area contributed by atoms with Crippen molar-refractivity contribution in [3.05, 3.63) is 96.1 Å².